The Morgan fingerprint density at radius 3 is 3.00 bits per heavy atom. The van der Waals surface area contributed by atoms with Gasteiger partial charge in [-0.1, -0.05) is 0 Å². The maximum absolute atomic E-state index is 12.1. The van der Waals surface area contributed by atoms with Crippen LogP contribution in [0.5, 0.6) is 0 Å². The molecule has 0 radical (unpaired) electrons. The van der Waals surface area contributed by atoms with Crippen molar-refractivity contribution in [2.24, 2.45) is 0 Å². The molecule has 0 aliphatic heterocycles. The number of nitrogens with one attached hydrogen (secondary N) is 2. The summed E-state index contributed by atoms with van der Waals surface area (Å²) in [5.74, 6) is -0.447. The van der Waals surface area contributed by atoms with Crippen LogP contribution >= 0.6 is 0 Å². The Morgan fingerprint density at radius 1 is 1.47 bits per heavy atom. The van der Waals surface area contributed by atoms with Gasteiger partial charge in [-0.25, -0.2) is 4.98 Å². The second-order valence-corrected chi connectivity index (χ2v) is 4.21. The Morgan fingerprint density at radius 2 is 2.26 bits per heavy atom. The minimum absolute atomic E-state index is 0.00243. The number of carbonyl (C=O) groups excluding carboxylic acids is 1. The molecule has 3 N–H and O–H groups in total. The summed E-state index contributed by atoms with van der Waals surface area (Å²) in [6, 6.07) is 3.38. The Balaban J connectivity index is 2.35. The van der Waals surface area contributed by atoms with E-state index in [1.807, 2.05) is 6.92 Å². The number of aromatic nitrogens is 2. The molecule has 0 aromatic carbocycles. The van der Waals surface area contributed by atoms with Gasteiger partial charge in [0.05, 0.1) is 5.39 Å². The number of fused-ring (bicyclic) bond motifs is 1. The van der Waals surface area contributed by atoms with Gasteiger partial charge in [-0.15, -0.1) is 0 Å². The third-order valence-corrected chi connectivity index (χ3v) is 2.74. The lowest BCUT2D eigenvalue weighted by molar-refractivity contribution is 0.0950. The van der Waals surface area contributed by atoms with Crippen LogP contribution in [0, 0.1) is 6.92 Å². The van der Waals surface area contributed by atoms with E-state index < -0.39 is 5.91 Å². The average Bonchev–Trinajstić information content (AvgIpc) is 2.39. The number of aliphatic hydroxyl groups is 1. The average molecular weight is 261 g/mol. The Hall–Kier alpha value is -2.21. The van der Waals surface area contributed by atoms with Crippen LogP contribution in [0.1, 0.15) is 22.5 Å². The number of nitrogens with zero attached hydrogens (tertiary/aromatic N) is 1. The maximum atomic E-state index is 12.1. The lowest BCUT2D eigenvalue weighted by Crippen LogP contribution is -2.30. The van der Waals surface area contributed by atoms with E-state index in [0.29, 0.717) is 24.0 Å². The van der Waals surface area contributed by atoms with Crippen LogP contribution in [0.4, 0.5) is 0 Å². The molecule has 100 valence electrons. The summed E-state index contributed by atoms with van der Waals surface area (Å²) in [5, 5.41) is 11.6. The van der Waals surface area contributed by atoms with Gasteiger partial charge >= 0.3 is 0 Å². The molecule has 1 amide bonds. The van der Waals surface area contributed by atoms with Gasteiger partial charge in [0, 0.05) is 25.0 Å². The first-order valence-electron chi connectivity index (χ1n) is 6.01. The normalized spacial score (nSPS) is 10.6. The molecule has 0 atom stereocenters. The second kappa shape index (κ2) is 5.62. The molecule has 2 aromatic rings. The van der Waals surface area contributed by atoms with Crippen LogP contribution in [-0.2, 0) is 0 Å². The number of aromatic amines is 1. The van der Waals surface area contributed by atoms with Crippen LogP contribution in [0.25, 0.3) is 11.0 Å². The molecule has 0 aliphatic carbocycles. The summed E-state index contributed by atoms with van der Waals surface area (Å²) in [7, 11) is 0. The van der Waals surface area contributed by atoms with Gasteiger partial charge in [0.25, 0.3) is 5.91 Å². The van der Waals surface area contributed by atoms with Crippen molar-refractivity contribution in [3.05, 3.63) is 39.8 Å². The van der Waals surface area contributed by atoms with Crippen LogP contribution in [0.15, 0.2) is 23.1 Å². The largest absolute Gasteiger partial charge is 0.396 e. The second-order valence-electron chi connectivity index (χ2n) is 4.21. The van der Waals surface area contributed by atoms with Gasteiger partial charge in [0.15, 0.2) is 0 Å². The van der Waals surface area contributed by atoms with Crippen molar-refractivity contribution in [2.45, 2.75) is 13.3 Å². The van der Waals surface area contributed by atoms with Crippen molar-refractivity contribution in [3.63, 3.8) is 0 Å². The van der Waals surface area contributed by atoms with Gasteiger partial charge in [0.2, 0.25) is 5.43 Å². The van der Waals surface area contributed by atoms with E-state index in [1.54, 1.807) is 12.1 Å². The number of carbonyl (C=O) groups is 1. The standard InChI is InChI=1S/C13H15N3O3/c1-8-3-4-9-11(18)10(7-15-12(9)16-8)13(19)14-5-2-6-17/h3-4,7,17H,2,5-6H2,1H3,(H,14,19)(H,15,16,18). The van der Waals surface area contributed by atoms with E-state index in [4.69, 9.17) is 5.11 Å². The topological polar surface area (TPSA) is 95.1 Å². The summed E-state index contributed by atoms with van der Waals surface area (Å²) in [6.07, 6.45) is 1.82. The van der Waals surface area contributed by atoms with Gasteiger partial charge < -0.3 is 15.4 Å². The predicted molar refractivity (Wildman–Crippen MR) is 71.1 cm³/mol. The Bertz CT molecular complexity index is 664. The zero-order valence-corrected chi connectivity index (χ0v) is 10.6. The monoisotopic (exact) mass is 261 g/mol. The molecular formula is C13H15N3O3. The maximum Gasteiger partial charge on any atom is 0.256 e. The Labute approximate surface area is 109 Å². The number of hydrogen-bond donors (Lipinski definition) is 3. The molecule has 0 saturated heterocycles. The molecule has 0 saturated carbocycles. The fourth-order valence-electron chi connectivity index (χ4n) is 1.75. The van der Waals surface area contributed by atoms with Crippen molar-refractivity contribution in [1.29, 1.82) is 0 Å². The highest BCUT2D eigenvalue weighted by Crippen LogP contribution is 2.06. The number of aliphatic hydroxyl groups excluding tert-OH is 1. The summed E-state index contributed by atoms with van der Waals surface area (Å²) in [5.41, 5.74) is 0.971. The Kier molecular flexibility index (Phi) is 3.91. The first-order valence-corrected chi connectivity index (χ1v) is 6.01. The van der Waals surface area contributed by atoms with Crippen molar-refractivity contribution < 1.29 is 9.90 Å². The molecule has 0 fully saturated rings. The van der Waals surface area contributed by atoms with E-state index in [2.05, 4.69) is 15.3 Å². The minimum Gasteiger partial charge on any atom is -0.396 e. The molecule has 6 nitrogen and oxygen atoms in total. The van der Waals surface area contributed by atoms with E-state index in [1.165, 1.54) is 6.20 Å². The third kappa shape index (κ3) is 2.79. The zero-order chi connectivity index (χ0) is 13.8. The zero-order valence-electron chi connectivity index (χ0n) is 10.6. The van der Waals surface area contributed by atoms with E-state index >= 15 is 0 Å². The number of amides is 1. The van der Waals surface area contributed by atoms with Crippen molar-refractivity contribution >= 4 is 16.9 Å². The van der Waals surface area contributed by atoms with Crippen molar-refractivity contribution in [2.75, 3.05) is 13.2 Å². The van der Waals surface area contributed by atoms with E-state index in [-0.39, 0.29) is 17.6 Å². The smallest absolute Gasteiger partial charge is 0.256 e. The summed E-state index contributed by atoms with van der Waals surface area (Å²) in [4.78, 5) is 31.0. The number of aryl methyl sites for hydroxylation is 1. The quantitative estimate of drug-likeness (QED) is 0.692. The predicted octanol–water partition coefficient (Wildman–Crippen LogP) is 0.344. The summed E-state index contributed by atoms with van der Waals surface area (Å²) < 4.78 is 0. The van der Waals surface area contributed by atoms with Crippen molar-refractivity contribution in [3.8, 4) is 0 Å². The molecule has 2 heterocycles. The van der Waals surface area contributed by atoms with Crippen LogP contribution in [0.3, 0.4) is 0 Å². The first-order chi connectivity index (χ1) is 9.13. The van der Waals surface area contributed by atoms with E-state index in [9.17, 15) is 9.59 Å². The summed E-state index contributed by atoms with van der Waals surface area (Å²) >= 11 is 0. The number of H-pyrrole nitrogens is 1. The lowest BCUT2D eigenvalue weighted by atomic mass is 10.2. The van der Waals surface area contributed by atoms with Crippen LogP contribution in [0.2, 0.25) is 0 Å². The highest BCUT2D eigenvalue weighted by Gasteiger charge is 2.12. The first kappa shape index (κ1) is 13.2. The van der Waals surface area contributed by atoms with Gasteiger partial charge in [-0.05, 0) is 25.5 Å². The molecule has 0 bridgehead atoms. The molecule has 0 unspecified atom stereocenters. The third-order valence-electron chi connectivity index (χ3n) is 2.74. The fraction of sp³-hybridized carbons (Fsp3) is 0.308. The molecular weight excluding hydrogens is 246 g/mol. The SMILES string of the molecule is Cc1ccc2c(=O)c(C(=O)NCCCO)c[nH]c2n1. The number of hydrogen-bond acceptors (Lipinski definition) is 4. The fourth-order valence-corrected chi connectivity index (χ4v) is 1.75. The highest BCUT2D eigenvalue weighted by molar-refractivity contribution is 5.96. The lowest BCUT2D eigenvalue weighted by Gasteiger charge is -2.05. The molecule has 2 aromatic heterocycles. The molecule has 19 heavy (non-hydrogen) atoms. The van der Waals surface area contributed by atoms with Gasteiger partial charge in [0.1, 0.15) is 11.2 Å². The molecule has 2 rings (SSSR count). The molecule has 6 heteroatoms. The number of rotatable bonds is 4. The molecule has 0 spiro atoms. The van der Waals surface area contributed by atoms with E-state index in [0.717, 1.165) is 5.69 Å². The van der Waals surface area contributed by atoms with Gasteiger partial charge in [-0.2, -0.15) is 0 Å². The number of pyridine rings is 2. The van der Waals surface area contributed by atoms with Gasteiger partial charge in [-0.3, -0.25) is 9.59 Å². The van der Waals surface area contributed by atoms with Crippen LogP contribution < -0.4 is 10.7 Å². The van der Waals surface area contributed by atoms with Crippen molar-refractivity contribution in [1.82, 2.24) is 15.3 Å². The molecule has 0 aliphatic rings. The van der Waals surface area contributed by atoms with Crippen LogP contribution in [-0.4, -0.2) is 34.1 Å². The minimum atomic E-state index is -0.447. The highest BCUT2D eigenvalue weighted by atomic mass is 16.3. The summed E-state index contributed by atoms with van der Waals surface area (Å²) in [6.45, 7) is 2.16.